The van der Waals surface area contributed by atoms with E-state index in [2.05, 4.69) is 25.4 Å². The van der Waals surface area contributed by atoms with E-state index in [0.29, 0.717) is 24.0 Å². The highest BCUT2D eigenvalue weighted by Crippen LogP contribution is 2.26. The first kappa shape index (κ1) is 20.5. The monoisotopic (exact) mass is 454 g/mol. The van der Waals surface area contributed by atoms with E-state index in [1.807, 2.05) is 60.0 Å². The van der Waals surface area contributed by atoms with Crippen LogP contribution in [0, 0.1) is 0 Å². The molecular weight excluding hydrogens is 436 g/mol. The summed E-state index contributed by atoms with van der Waals surface area (Å²) in [6.45, 7) is 0.320. The van der Waals surface area contributed by atoms with Crippen molar-refractivity contribution in [3.05, 3.63) is 102 Å². The molecule has 1 aromatic carbocycles. The van der Waals surface area contributed by atoms with Crippen LogP contribution in [0.1, 0.15) is 16.2 Å². The molecule has 0 saturated carbocycles. The Kier molecular flexibility index (Phi) is 5.85. The summed E-state index contributed by atoms with van der Waals surface area (Å²) in [7, 11) is 0. The van der Waals surface area contributed by atoms with E-state index in [9.17, 15) is 4.79 Å². The number of nitrogens with one attached hydrogen (secondary N) is 1. The third kappa shape index (κ3) is 4.63. The second-order valence-corrected chi connectivity index (χ2v) is 7.88. The number of rotatable bonds is 7. The molecule has 1 amide bonds. The van der Waals surface area contributed by atoms with Gasteiger partial charge >= 0.3 is 0 Å². The molecule has 0 radical (unpaired) electrons. The minimum Gasteiger partial charge on any atom is -0.485 e. The van der Waals surface area contributed by atoms with Gasteiger partial charge in [0.25, 0.3) is 5.91 Å². The number of aromatic nitrogens is 5. The average molecular weight is 455 g/mol. The minimum atomic E-state index is -0.477. The molecule has 0 bridgehead atoms. The van der Waals surface area contributed by atoms with Crippen LogP contribution in [0.3, 0.4) is 0 Å². The van der Waals surface area contributed by atoms with Crippen molar-refractivity contribution in [3.63, 3.8) is 0 Å². The molecule has 162 valence electrons. The van der Waals surface area contributed by atoms with Gasteiger partial charge in [-0.2, -0.15) is 0 Å². The number of hydrogen-bond donors (Lipinski definition) is 1. The Morgan fingerprint density at radius 3 is 2.61 bits per heavy atom. The number of amides is 1. The van der Waals surface area contributed by atoms with Crippen LogP contribution in [0.25, 0.3) is 16.4 Å². The highest BCUT2D eigenvalue weighted by molar-refractivity contribution is 7.13. The zero-order chi connectivity index (χ0) is 22.5. The maximum absolute atomic E-state index is 13.1. The maximum Gasteiger partial charge on any atom is 0.296 e. The molecule has 5 aromatic rings. The second kappa shape index (κ2) is 9.41. The normalized spacial score (nSPS) is 10.7. The van der Waals surface area contributed by atoms with Gasteiger partial charge in [-0.1, -0.05) is 24.3 Å². The topological polar surface area (TPSA) is 94.8 Å². The van der Waals surface area contributed by atoms with Crippen molar-refractivity contribution in [2.75, 3.05) is 5.32 Å². The number of benzene rings is 1. The first-order valence-corrected chi connectivity index (χ1v) is 11.0. The number of carbonyl (C=O) groups excluding carboxylic acids is 1. The molecule has 8 nitrogen and oxygen atoms in total. The number of para-hydroxylation sites is 1. The van der Waals surface area contributed by atoms with Crippen molar-refractivity contribution in [1.82, 2.24) is 24.7 Å². The van der Waals surface area contributed by atoms with Crippen LogP contribution in [0.4, 0.5) is 5.82 Å². The van der Waals surface area contributed by atoms with Crippen LogP contribution in [-0.4, -0.2) is 30.6 Å². The molecule has 0 aliphatic carbocycles. The average Bonchev–Trinajstić information content (AvgIpc) is 3.55. The van der Waals surface area contributed by atoms with Gasteiger partial charge in [0.15, 0.2) is 17.4 Å². The number of carbonyl (C=O) groups is 1. The summed E-state index contributed by atoms with van der Waals surface area (Å²) in [5.41, 5.74) is 1.77. The van der Waals surface area contributed by atoms with Gasteiger partial charge in [-0.25, -0.2) is 14.6 Å². The molecule has 0 aliphatic rings. The van der Waals surface area contributed by atoms with E-state index in [0.717, 1.165) is 16.1 Å². The molecule has 9 heteroatoms. The largest absolute Gasteiger partial charge is 0.485 e. The van der Waals surface area contributed by atoms with Gasteiger partial charge in [-0.3, -0.25) is 9.78 Å². The van der Waals surface area contributed by atoms with Crippen LogP contribution in [-0.2, 0) is 6.61 Å². The van der Waals surface area contributed by atoms with Crippen LogP contribution in [0.2, 0.25) is 0 Å². The van der Waals surface area contributed by atoms with Crippen molar-refractivity contribution >= 4 is 23.1 Å². The van der Waals surface area contributed by atoms with Gasteiger partial charge in [0.05, 0.1) is 10.6 Å². The molecular formula is C24H18N6O2S. The van der Waals surface area contributed by atoms with Crippen molar-refractivity contribution in [1.29, 1.82) is 0 Å². The highest BCUT2D eigenvalue weighted by Gasteiger charge is 2.21. The van der Waals surface area contributed by atoms with Gasteiger partial charge in [0.2, 0.25) is 5.82 Å². The zero-order valence-corrected chi connectivity index (χ0v) is 18.1. The molecule has 0 unspecified atom stereocenters. The van der Waals surface area contributed by atoms with Gasteiger partial charge in [0, 0.05) is 18.6 Å². The van der Waals surface area contributed by atoms with Crippen molar-refractivity contribution in [2.45, 2.75) is 6.61 Å². The first-order valence-electron chi connectivity index (χ1n) is 10.1. The molecule has 1 N–H and O–H groups in total. The Morgan fingerprint density at radius 1 is 0.970 bits per heavy atom. The smallest absolute Gasteiger partial charge is 0.296 e. The van der Waals surface area contributed by atoms with Gasteiger partial charge < -0.3 is 10.1 Å². The second-order valence-electron chi connectivity index (χ2n) is 6.93. The van der Waals surface area contributed by atoms with Crippen LogP contribution in [0.5, 0.6) is 5.75 Å². The van der Waals surface area contributed by atoms with Crippen LogP contribution >= 0.6 is 11.3 Å². The fourth-order valence-corrected chi connectivity index (χ4v) is 3.83. The van der Waals surface area contributed by atoms with E-state index in [-0.39, 0.29) is 5.82 Å². The lowest BCUT2D eigenvalue weighted by atomic mass is 10.3. The van der Waals surface area contributed by atoms with E-state index < -0.39 is 5.91 Å². The van der Waals surface area contributed by atoms with Crippen molar-refractivity contribution in [3.8, 4) is 22.1 Å². The third-order valence-electron chi connectivity index (χ3n) is 4.70. The van der Waals surface area contributed by atoms with E-state index in [4.69, 9.17) is 4.74 Å². The summed E-state index contributed by atoms with van der Waals surface area (Å²) in [4.78, 5) is 26.8. The Morgan fingerprint density at radius 2 is 1.82 bits per heavy atom. The summed E-state index contributed by atoms with van der Waals surface area (Å²) in [5, 5.41) is 9.22. The summed E-state index contributed by atoms with van der Waals surface area (Å²) in [6, 6.07) is 20.7. The van der Waals surface area contributed by atoms with E-state index >= 15 is 0 Å². The van der Waals surface area contributed by atoms with Crippen LogP contribution in [0.15, 0.2) is 90.7 Å². The van der Waals surface area contributed by atoms with E-state index in [1.54, 1.807) is 35.4 Å². The van der Waals surface area contributed by atoms with E-state index in [1.165, 1.54) is 11.3 Å². The highest BCUT2D eigenvalue weighted by atomic mass is 32.1. The fraction of sp³-hybridized carbons (Fsp3) is 0.0417. The SMILES string of the molecule is O=C(Nc1ncccc1OCc1ccncc1)c1nc(-c2cccs2)n(-c2ccccc2)n1. The minimum absolute atomic E-state index is 0.0352. The molecule has 5 rings (SSSR count). The maximum atomic E-state index is 13.1. The molecule has 0 fully saturated rings. The Balaban J connectivity index is 1.41. The number of hydrogen-bond acceptors (Lipinski definition) is 7. The molecule has 0 saturated heterocycles. The number of pyridine rings is 2. The lowest BCUT2D eigenvalue weighted by Crippen LogP contribution is -2.16. The standard InChI is InChI=1S/C24H18N6O2S/c31-24(28-21-19(8-4-12-26-21)32-16-17-10-13-25-14-11-17)22-27-23(20-9-5-15-33-20)30(29-22)18-6-2-1-3-7-18/h1-15H,16H2,(H,26,28,31). The van der Waals surface area contributed by atoms with Crippen molar-refractivity contribution < 1.29 is 9.53 Å². The molecule has 4 aromatic heterocycles. The molecule has 0 aliphatic heterocycles. The lowest BCUT2D eigenvalue weighted by Gasteiger charge is -2.10. The summed E-state index contributed by atoms with van der Waals surface area (Å²) in [6.07, 6.45) is 4.98. The quantitative estimate of drug-likeness (QED) is 0.386. The number of thiophene rings is 1. The molecule has 0 atom stereocenters. The summed E-state index contributed by atoms with van der Waals surface area (Å²) >= 11 is 1.53. The number of anilines is 1. The Labute approximate surface area is 193 Å². The Hall–Kier alpha value is -4.37. The Bertz CT molecular complexity index is 1350. The first-order chi connectivity index (χ1) is 16.3. The molecule has 4 heterocycles. The third-order valence-corrected chi connectivity index (χ3v) is 5.56. The van der Waals surface area contributed by atoms with Gasteiger partial charge in [-0.15, -0.1) is 16.4 Å². The predicted molar refractivity (Wildman–Crippen MR) is 125 cm³/mol. The van der Waals surface area contributed by atoms with Gasteiger partial charge in [-0.05, 0) is 53.4 Å². The number of nitrogens with zero attached hydrogens (tertiary/aromatic N) is 5. The summed E-state index contributed by atoms with van der Waals surface area (Å²) < 4.78 is 7.53. The van der Waals surface area contributed by atoms with Crippen LogP contribution < -0.4 is 10.1 Å². The fourth-order valence-electron chi connectivity index (χ4n) is 3.13. The summed E-state index contributed by atoms with van der Waals surface area (Å²) in [5.74, 6) is 0.897. The number of ether oxygens (including phenoxy) is 1. The zero-order valence-electron chi connectivity index (χ0n) is 17.3. The lowest BCUT2D eigenvalue weighted by molar-refractivity contribution is 0.101. The van der Waals surface area contributed by atoms with Gasteiger partial charge in [0.1, 0.15) is 6.61 Å². The molecule has 0 spiro atoms. The molecule has 33 heavy (non-hydrogen) atoms. The van der Waals surface area contributed by atoms with Crippen molar-refractivity contribution in [2.24, 2.45) is 0 Å². The predicted octanol–water partition coefficient (Wildman–Crippen LogP) is 4.62.